The monoisotopic (exact) mass is 323 g/mol. The first-order valence-corrected chi connectivity index (χ1v) is 7.49. The Hall–Kier alpha value is -1.61. The number of rotatable bonds is 3. The van der Waals surface area contributed by atoms with E-state index in [9.17, 15) is 26.4 Å². The van der Waals surface area contributed by atoms with Crippen molar-refractivity contribution in [3.05, 3.63) is 29.6 Å². The van der Waals surface area contributed by atoms with Crippen molar-refractivity contribution in [3.63, 3.8) is 0 Å². The van der Waals surface area contributed by atoms with Crippen LogP contribution in [0.2, 0.25) is 0 Å². The molecule has 9 heteroatoms. The van der Waals surface area contributed by atoms with Crippen molar-refractivity contribution in [3.8, 4) is 0 Å². The molecule has 2 unspecified atom stereocenters. The Balaban J connectivity index is 2.47. The normalized spacial score (nSPS) is 23.4. The summed E-state index contributed by atoms with van der Waals surface area (Å²) in [6.07, 6.45) is 0.0418. The van der Waals surface area contributed by atoms with E-state index in [0.29, 0.717) is 0 Å². The van der Waals surface area contributed by atoms with E-state index < -0.39 is 50.3 Å². The van der Waals surface area contributed by atoms with Crippen molar-refractivity contribution < 1.29 is 31.5 Å². The third-order valence-corrected chi connectivity index (χ3v) is 5.58. The molecule has 1 fully saturated rings. The van der Waals surface area contributed by atoms with Gasteiger partial charge in [-0.3, -0.25) is 4.79 Å². The van der Waals surface area contributed by atoms with Crippen molar-refractivity contribution in [2.24, 2.45) is 5.92 Å². The smallest absolute Gasteiger partial charge is 0.308 e. The van der Waals surface area contributed by atoms with E-state index in [4.69, 9.17) is 5.11 Å². The fraction of sp³-hybridized carbons (Fsp3) is 0.417. The summed E-state index contributed by atoms with van der Waals surface area (Å²) in [6.45, 7) is 1.18. The third kappa shape index (κ3) is 2.62. The number of benzene rings is 1. The number of sulfonamides is 1. The van der Waals surface area contributed by atoms with Gasteiger partial charge in [0.2, 0.25) is 10.0 Å². The van der Waals surface area contributed by atoms with Crippen LogP contribution < -0.4 is 0 Å². The zero-order chi connectivity index (χ0) is 15.9. The summed E-state index contributed by atoms with van der Waals surface area (Å²) < 4.78 is 65.5. The second-order valence-electron chi connectivity index (χ2n) is 4.79. The minimum atomic E-state index is -4.58. The minimum absolute atomic E-state index is 0.0418. The Kier molecular flexibility index (Phi) is 3.98. The summed E-state index contributed by atoms with van der Waals surface area (Å²) in [7, 11) is -4.58. The van der Waals surface area contributed by atoms with Gasteiger partial charge in [0.25, 0.3) is 0 Å². The molecule has 1 aromatic rings. The van der Waals surface area contributed by atoms with Crippen molar-refractivity contribution in [1.82, 2.24) is 4.31 Å². The topological polar surface area (TPSA) is 74.7 Å². The molecule has 1 aliphatic rings. The molecule has 2 atom stereocenters. The molecule has 0 aliphatic carbocycles. The highest BCUT2D eigenvalue weighted by molar-refractivity contribution is 7.89. The predicted octanol–water partition coefficient (Wildman–Crippen LogP) is 1.59. The summed E-state index contributed by atoms with van der Waals surface area (Å²) in [5, 5.41) is 8.96. The Morgan fingerprint density at radius 2 is 1.81 bits per heavy atom. The molecule has 5 nitrogen and oxygen atoms in total. The lowest BCUT2D eigenvalue weighted by atomic mass is 10.0. The number of carboxylic acids is 1. The van der Waals surface area contributed by atoms with Gasteiger partial charge in [-0.1, -0.05) is 0 Å². The average molecular weight is 323 g/mol. The highest BCUT2D eigenvalue weighted by atomic mass is 32.2. The predicted molar refractivity (Wildman–Crippen MR) is 65.4 cm³/mol. The summed E-state index contributed by atoms with van der Waals surface area (Å²) in [5.74, 6) is -6.45. The van der Waals surface area contributed by atoms with Gasteiger partial charge < -0.3 is 5.11 Å². The van der Waals surface area contributed by atoms with E-state index >= 15 is 0 Å². The zero-order valence-electron chi connectivity index (χ0n) is 10.9. The Labute approximate surface area is 119 Å². The third-order valence-electron chi connectivity index (χ3n) is 3.54. The van der Waals surface area contributed by atoms with Gasteiger partial charge in [-0.25, -0.2) is 21.6 Å². The van der Waals surface area contributed by atoms with Gasteiger partial charge in [0, 0.05) is 24.7 Å². The van der Waals surface area contributed by atoms with E-state index in [1.54, 1.807) is 0 Å². The highest BCUT2D eigenvalue weighted by Crippen LogP contribution is 2.32. The lowest BCUT2D eigenvalue weighted by molar-refractivity contribution is -0.142. The number of hydrogen-bond donors (Lipinski definition) is 1. The lowest BCUT2D eigenvalue weighted by Gasteiger charge is -2.23. The average Bonchev–Trinajstić information content (AvgIpc) is 2.69. The first kappa shape index (κ1) is 15.8. The van der Waals surface area contributed by atoms with Crippen molar-refractivity contribution >= 4 is 16.0 Å². The van der Waals surface area contributed by atoms with E-state index in [-0.39, 0.29) is 25.1 Å². The van der Waals surface area contributed by atoms with E-state index in [0.717, 1.165) is 4.31 Å². The van der Waals surface area contributed by atoms with Gasteiger partial charge in [-0.15, -0.1) is 0 Å². The van der Waals surface area contributed by atoms with Crippen LogP contribution in [-0.2, 0) is 14.8 Å². The number of aliphatic carboxylic acids is 1. The van der Waals surface area contributed by atoms with Crippen LogP contribution in [0.25, 0.3) is 0 Å². The van der Waals surface area contributed by atoms with Crippen LogP contribution >= 0.6 is 0 Å². The summed E-state index contributed by atoms with van der Waals surface area (Å²) in [5.41, 5.74) is 0. The number of halogens is 3. The number of carboxylic acid groups (broad SMARTS) is 1. The summed E-state index contributed by atoms with van der Waals surface area (Å²) in [6, 6.07) is -0.409. The van der Waals surface area contributed by atoms with E-state index in [2.05, 4.69) is 0 Å². The standard InChI is InChI=1S/C12H12F3NO4S/c1-6-8(12(17)18)2-3-16(6)21(19,20)11-9(14)4-7(13)5-10(11)15/h4-6,8H,2-3H2,1H3,(H,17,18). The highest BCUT2D eigenvalue weighted by Gasteiger charge is 2.44. The van der Waals surface area contributed by atoms with Crippen molar-refractivity contribution in [2.75, 3.05) is 6.54 Å². The molecule has 1 heterocycles. The number of carbonyl (C=O) groups is 1. The minimum Gasteiger partial charge on any atom is -0.481 e. The van der Waals surface area contributed by atoms with Crippen LogP contribution in [0.3, 0.4) is 0 Å². The summed E-state index contributed by atoms with van der Waals surface area (Å²) >= 11 is 0. The second-order valence-corrected chi connectivity index (χ2v) is 6.62. The summed E-state index contributed by atoms with van der Waals surface area (Å²) in [4.78, 5) is 9.72. The Morgan fingerprint density at radius 3 is 2.24 bits per heavy atom. The van der Waals surface area contributed by atoms with E-state index in [1.807, 2.05) is 0 Å². The van der Waals surface area contributed by atoms with Crippen LogP contribution in [0, 0.1) is 23.4 Å². The molecule has 116 valence electrons. The van der Waals surface area contributed by atoms with Gasteiger partial charge in [0.15, 0.2) is 4.90 Å². The molecule has 0 bridgehead atoms. The van der Waals surface area contributed by atoms with Crippen LogP contribution in [0.5, 0.6) is 0 Å². The maximum atomic E-state index is 13.6. The van der Waals surface area contributed by atoms with Crippen molar-refractivity contribution in [2.45, 2.75) is 24.3 Å². The molecule has 1 aliphatic heterocycles. The largest absolute Gasteiger partial charge is 0.481 e. The molecule has 1 aromatic carbocycles. The molecule has 0 radical (unpaired) electrons. The van der Waals surface area contributed by atoms with E-state index in [1.165, 1.54) is 6.92 Å². The van der Waals surface area contributed by atoms with Crippen LogP contribution in [0.1, 0.15) is 13.3 Å². The van der Waals surface area contributed by atoms with Crippen molar-refractivity contribution in [1.29, 1.82) is 0 Å². The fourth-order valence-electron chi connectivity index (χ4n) is 2.47. The van der Waals surface area contributed by atoms with Gasteiger partial charge in [0.05, 0.1) is 5.92 Å². The quantitative estimate of drug-likeness (QED) is 0.916. The second kappa shape index (κ2) is 5.30. The molecule has 1 N–H and O–H groups in total. The Bertz CT molecular complexity index is 669. The zero-order valence-corrected chi connectivity index (χ0v) is 11.7. The lowest BCUT2D eigenvalue weighted by Crippen LogP contribution is -2.38. The van der Waals surface area contributed by atoms with Crippen LogP contribution in [-0.4, -0.2) is 36.4 Å². The molecule has 0 aromatic heterocycles. The maximum absolute atomic E-state index is 13.6. The molecule has 1 saturated heterocycles. The Morgan fingerprint density at radius 1 is 1.29 bits per heavy atom. The number of nitrogens with zero attached hydrogens (tertiary/aromatic N) is 1. The fourth-order valence-corrected chi connectivity index (χ4v) is 4.25. The first-order chi connectivity index (χ1) is 9.66. The number of hydrogen-bond acceptors (Lipinski definition) is 3. The van der Waals surface area contributed by atoms with Gasteiger partial charge >= 0.3 is 5.97 Å². The van der Waals surface area contributed by atoms with Gasteiger partial charge in [0.1, 0.15) is 17.5 Å². The first-order valence-electron chi connectivity index (χ1n) is 6.05. The van der Waals surface area contributed by atoms with Gasteiger partial charge in [-0.05, 0) is 13.3 Å². The van der Waals surface area contributed by atoms with Crippen LogP contribution in [0.15, 0.2) is 17.0 Å². The molecular formula is C12H12F3NO4S. The molecule has 0 spiro atoms. The molecule has 2 rings (SSSR count). The molecule has 21 heavy (non-hydrogen) atoms. The molecule has 0 saturated carbocycles. The van der Waals surface area contributed by atoms with Crippen LogP contribution in [0.4, 0.5) is 13.2 Å². The molecular weight excluding hydrogens is 311 g/mol. The molecule has 0 amide bonds. The maximum Gasteiger partial charge on any atom is 0.308 e. The SMILES string of the molecule is CC1C(C(=O)O)CCN1S(=O)(=O)c1c(F)cc(F)cc1F. The van der Waals surface area contributed by atoms with Gasteiger partial charge in [-0.2, -0.15) is 4.31 Å².